The van der Waals surface area contributed by atoms with E-state index in [1.807, 2.05) is 20.0 Å². The smallest absolute Gasteiger partial charge is 0.191 e. The number of aliphatic hydroxyl groups excluding tert-OH is 1. The Kier molecular flexibility index (Phi) is 9.03. The lowest BCUT2D eigenvalue weighted by molar-refractivity contribution is 0.180. The average molecular weight is 447 g/mol. The first-order valence-corrected chi connectivity index (χ1v) is 8.02. The summed E-state index contributed by atoms with van der Waals surface area (Å²) in [5.41, 5.74) is 0.828. The van der Waals surface area contributed by atoms with E-state index in [-0.39, 0.29) is 24.0 Å². The monoisotopic (exact) mass is 447 g/mol. The molecule has 0 radical (unpaired) electrons. The molecule has 0 aliphatic heterocycles. The fourth-order valence-electron chi connectivity index (χ4n) is 1.86. The number of hydrogen-bond donors (Lipinski definition) is 3. The van der Waals surface area contributed by atoms with Crippen LogP contribution < -0.4 is 10.6 Å². The van der Waals surface area contributed by atoms with Crippen molar-refractivity contribution in [2.24, 2.45) is 4.99 Å². The van der Waals surface area contributed by atoms with Crippen molar-refractivity contribution in [3.8, 4) is 0 Å². The van der Waals surface area contributed by atoms with Crippen LogP contribution in [0.4, 0.5) is 0 Å². The van der Waals surface area contributed by atoms with E-state index in [9.17, 15) is 5.11 Å². The van der Waals surface area contributed by atoms with Gasteiger partial charge < -0.3 is 15.7 Å². The largest absolute Gasteiger partial charge is 0.387 e. The second kappa shape index (κ2) is 10.5. The lowest BCUT2D eigenvalue weighted by Gasteiger charge is -2.15. The summed E-state index contributed by atoms with van der Waals surface area (Å²) < 4.78 is 0. The van der Waals surface area contributed by atoms with Gasteiger partial charge in [-0.15, -0.1) is 35.3 Å². The number of pyridine rings is 1. The predicted molar refractivity (Wildman–Crippen MR) is 104 cm³/mol. The van der Waals surface area contributed by atoms with Gasteiger partial charge >= 0.3 is 0 Å². The Bertz CT molecular complexity index is 605. The van der Waals surface area contributed by atoms with Crippen molar-refractivity contribution in [3.63, 3.8) is 0 Å². The third-order valence-electron chi connectivity index (χ3n) is 2.94. The number of aromatic nitrogens is 2. The number of aliphatic hydroxyl groups is 1. The van der Waals surface area contributed by atoms with Crippen LogP contribution in [0.3, 0.4) is 0 Å². The number of hydrogen-bond acceptors (Lipinski definition) is 5. The number of nitrogens with one attached hydrogen (secondary N) is 2. The first-order chi connectivity index (χ1) is 10.7. The van der Waals surface area contributed by atoms with E-state index in [2.05, 4.69) is 25.6 Å². The van der Waals surface area contributed by atoms with Crippen LogP contribution in [0, 0.1) is 6.92 Å². The molecule has 3 N–H and O–H groups in total. The van der Waals surface area contributed by atoms with Crippen molar-refractivity contribution in [2.45, 2.75) is 26.5 Å². The van der Waals surface area contributed by atoms with Crippen LogP contribution in [-0.2, 0) is 6.54 Å². The Labute approximate surface area is 157 Å². The highest BCUT2D eigenvalue weighted by molar-refractivity contribution is 14.0. The molecular formula is C15H22IN5OS. The molecule has 0 aliphatic carbocycles. The Morgan fingerprint density at radius 2 is 2.09 bits per heavy atom. The fraction of sp³-hybridized carbons (Fsp3) is 0.400. The number of guanidine groups is 1. The number of rotatable bonds is 6. The van der Waals surface area contributed by atoms with Gasteiger partial charge in [-0.25, -0.2) is 9.98 Å². The van der Waals surface area contributed by atoms with Gasteiger partial charge in [0.15, 0.2) is 5.96 Å². The normalized spacial score (nSPS) is 12.4. The van der Waals surface area contributed by atoms with E-state index in [1.54, 1.807) is 35.9 Å². The Hall–Kier alpha value is -1.26. The van der Waals surface area contributed by atoms with Gasteiger partial charge in [-0.05, 0) is 31.5 Å². The second-order valence-electron chi connectivity index (χ2n) is 4.74. The van der Waals surface area contributed by atoms with Crippen molar-refractivity contribution in [3.05, 3.63) is 46.2 Å². The minimum atomic E-state index is -0.603. The third-order valence-corrected chi connectivity index (χ3v) is 3.84. The molecule has 6 nitrogen and oxygen atoms in total. The summed E-state index contributed by atoms with van der Waals surface area (Å²) in [6.45, 7) is 5.70. The van der Waals surface area contributed by atoms with Crippen LogP contribution in [0.15, 0.2) is 35.7 Å². The van der Waals surface area contributed by atoms with Gasteiger partial charge in [-0.3, -0.25) is 4.98 Å². The third kappa shape index (κ3) is 6.80. The number of thiazole rings is 1. The van der Waals surface area contributed by atoms with Crippen LogP contribution in [0.2, 0.25) is 0 Å². The van der Waals surface area contributed by atoms with E-state index in [0.717, 1.165) is 17.1 Å². The van der Waals surface area contributed by atoms with E-state index >= 15 is 0 Å². The van der Waals surface area contributed by atoms with Crippen molar-refractivity contribution in [2.75, 3.05) is 13.1 Å². The zero-order chi connectivity index (χ0) is 15.8. The van der Waals surface area contributed by atoms with Crippen LogP contribution in [-0.4, -0.2) is 34.1 Å². The van der Waals surface area contributed by atoms with Gasteiger partial charge in [0, 0.05) is 36.6 Å². The van der Waals surface area contributed by atoms with Crippen LogP contribution in [0.25, 0.3) is 0 Å². The number of aliphatic imine (C=N–C) groups is 1. The minimum Gasteiger partial charge on any atom is -0.387 e. The molecule has 8 heteroatoms. The maximum absolute atomic E-state index is 10.1. The van der Waals surface area contributed by atoms with Crippen LogP contribution in [0.1, 0.15) is 28.5 Å². The van der Waals surface area contributed by atoms with Gasteiger partial charge in [0.1, 0.15) is 5.01 Å². The van der Waals surface area contributed by atoms with Crippen LogP contribution in [0.5, 0.6) is 0 Å². The van der Waals surface area contributed by atoms with Gasteiger partial charge in [-0.1, -0.05) is 0 Å². The molecule has 126 valence electrons. The van der Waals surface area contributed by atoms with Gasteiger partial charge in [0.05, 0.1) is 12.6 Å². The minimum absolute atomic E-state index is 0. The van der Waals surface area contributed by atoms with Gasteiger partial charge in [0.25, 0.3) is 0 Å². The summed E-state index contributed by atoms with van der Waals surface area (Å²) in [5.74, 6) is 0.670. The molecule has 23 heavy (non-hydrogen) atoms. The highest BCUT2D eigenvalue weighted by atomic mass is 127. The molecule has 2 aromatic rings. The SMILES string of the molecule is CCNC(=NCc1ncc(C)s1)NCC(O)c1ccncc1.I. The topological polar surface area (TPSA) is 82.4 Å². The van der Waals surface area contributed by atoms with Gasteiger partial charge in [0.2, 0.25) is 0 Å². The van der Waals surface area contributed by atoms with E-state index in [1.165, 1.54) is 4.88 Å². The number of halogens is 1. The lowest BCUT2D eigenvalue weighted by atomic mass is 10.1. The summed E-state index contributed by atoms with van der Waals surface area (Å²) in [7, 11) is 0. The van der Waals surface area contributed by atoms with Crippen molar-refractivity contribution < 1.29 is 5.11 Å². The standard InChI is InChI=1S/C15H21N5OS.HI/c1-3-17-15(20-10-14-18-8-11(2)22-14)19-9-13(21)12-4-6-16-7-5-12;/h4-8,13,21H,3,9-10H2,1-2H3,(H2,17,19,20);1H. The molecule has 0 aromatic carbocycles. The predicted octanol–water partition coefficient (Wildman–Crippen LogP) is 2.25. The molecule has 1 atom stereocenters. The van der Waals surface area contributed by atoms with Crippen LogP contribution >= 0.6 is 35.3 Å². The molecule has 0 spiro atoms. The van der Waals surface area contributed by atoms with Crippen molar-refractivity contribution >= 4 is 41.3 Å². The Morgan fingerprint density at radius 3 is 2.70 bits per heavy atom. The molecule has 2 heterocycles. The molecular weight excluding hydrogens is 425 g/mol. The maximum atomic E-state index is 10.1. The zero-order valence-corrected chi connectivity index (χ0v) is 16.3. The second-order valence-corrected chi connectivity index (χ2v) is 6.06. The van der Waals surface area contributed by atoms with Crippen molar-refractivity contribution in [1.82, 2.24) is 20.6 Å². The summed E-state index contributed by atoms with van der Waals surface area (Å²) in [6, 6.07) is 3.60. The maximum Gasteiger partial charge on any atom is 0.191 e. The summed E-state index contributed by atoms with van der Waals surface area (Å²) in [4.78, 5) is 13.9. The quantitative estimate of drug-likeness (QED) is 0.360. The number of nitrogens with zero attached hydrogens (tertiary/aromatic N) is 3. The summed E-state index contributed by atoms with van der Waals surface area (Å²) in [5, 5.41) is 17.4. The van der Waals surface area contributed by atoms with E-state index in [4.69, 9.17) is 0 Å². The Morgan fingerprint density at radius 1 is 1.35 bits per heavy atom. The molecule has 1 unspecified atom stereocenters. The first kappa shape index (κ1) is 19.8. The van der Waals surface area contributed by atoms with E-state index in [0.29, 0.717) is 19.0 Å². The van der Waals surface area contributed by atoms with E-state index < -0.39 is 6.10 Å². The molecule has 2 aromatic heterocycles. The Balaban J connectivity index is 0.00000264. The van der Waals surface area contributed by atoms with Gasteiger partial charge in [-0.2, -0.15) is 0 Å². The highest BCUT2D eigenvalue weighted by Crippen LogP contribution is 2.12. The summed E-state index contributed by atoms with van der Waals surface area (Å²) in [6.07, 6.45) is 4.59. The molecule has 0 aliphatic rings. The molecule has 0 saturated carbocycles. The average Bonchev–Trinajstić information content (AvgIpc) is 2.96. The summed E-state index contributed by atoms with van der Waals surface area (Å²) >= 11 is 1.64. The fourth-order valence-corrected chi connectivity index (χ4v) is 2.57. The first-order valence-electron chi connectivity index (χ1n) is 7.20. The number of aryl methyl sites for hydroxylation is 1. The van der Waals surface area contributed by atoms with Crippen molar-refractivity contribution in [1.29, 1.82) is 0 Å². The molecule has 0 fully saturated rings. The molecule has 0 saturated heterocycles. The lowest BCUT2D eigenvalue weighted by Crippen LogP contribution is -2.39. The molecule has 2 rings (SSSR count). The highest BCUT2D eigenvalue weighted by Gasteiger charge is 2.08. The molecule has 0 amide bonds. The molecule has 0 bridgehead atoms. The zero-order valence-electron chi connectivity index (χ0n) is 13.2.